The van der Waals surface area contributed by atoms with Crippen LogP contribution in [-0.2, 0) is 14.8 Å². The van der Waals surface area contributed by atoms with Gasteiger partial charge in [0.1, 0.15) is 6.73 Å². The van der Waals surface area contributed by atoms with Crippen LogP contribution < -0.4 is 0 Å². The smallest absolute Gasteiger partial charge is 0.245 e. The third kappa shape index (κ3) is 2.19. The summed E-state index contributed by atoms with van der Waals surface area (Å²) >= 11 is 11.5. The van der Waals surface area contributed by atoms with E-state index in [1.54, 1.807) is 0 Å². The normalized spacial score (nSPS) is 17.9. The third-order valence-electron chi connectivity index (χ3n) is 2.25. The van der Waals surface area contributed by atoms with Gasteiger partial charge in [-0.2, -0.15) is 4.31 Å². The first-order chi connectivity index (χ1) is 7.51. The molecule has 1 heterocycles. The fourth-order valence-corrected chi connectivity index (χ4v) is 3.07. The molecule has 2 rings (SSSR count). The van der Waals surface area contributed by atoms with Gasteiger partial charge in [0.25, 0.3) is 0 Å². The van der Waals surface area contributed by atoms with Crippen LogP contribution in [0.5, 0.6) is 0 Å². The SMILES string of the molecule is O=S(=O)(c1ccc(Cl)c(Cl)c1)N1CCOC1. The topological polar surface area (TPSA) is 46.6 Å². The Labute approximate surface area is 104 Å². The predicted molar refractivity (Wildman–Crippen MR) is 61.2 cm³/mol. The molecule has 0 amide bonds. The molecule has 88 valence electrons. The Morgan fingerprint density at radius 1 is 1.25 bits per heavy atom. The number of hydrogen-bond donors (Lipinski definition) is 0. The van der Waals surface area contributed by atoms with Crippen molar-refractivity contribution in [2.24, 2.45) is 0 Å². The summed E-state index contributed by atoms with van der Waals surface area (Å²) in [7, 11) is -3.51. The van der Waals surface area contributed by atoms with Crippen LogP contribution in [-0.4, -0.2) is 32.6 Å². The van der Waals surface area contributed by atoms with Crippen LogP contribution in [0.4, 0.5) is 0 Å². The molecule has 0 spiro atoms. The lowest BCUT2D eigenvalue weighted by Gasteiger charge is -2.14. The number of hydrogen-bond acceptors (Lipinski definition) is 3. The number of sulfonamides is 1. The van der Waals surface area contributed by atoms with Gasteiger partial charge in [-0.05, 0) is 18.2 Å². The Morgan fingerprint density at radius 3 is 2.56 bits per heavy atom. The van der Waals surface area contributed by atoms with Crippen LogP contribution in [0.2, 0.25) is 10.0 Å². The van der Waals surface area contributed by atoms with Crippen molar-refractivity contribution in [3.63, 3.8) is 0 Å². The molecule has 16 heavy (non-hydrogen) atoms. The average Bonchev–Trinajstić information content (AvgIpc) is 2.75. The molecule has 0 unspecified atom stereocenters. The van der Waals surface area contributed by atoms with E-state index in [-0.39, 0.29) is 16.6 Å². The Morgan fingerprint density at radius 2 is 2.00 bits per heavy atom. The van der Waals surface area contributed by atoms with E-state index in [9.17, 15) is 8.42 Å². The van der Waals surface area contributed by atoms with E-state index in [1.165, 1.54) is 22.5 Å². The Balaban J connectivity index is 2.39. The summed E-state index contributed by atoms with van der Waals surface area (Å²) in [5.74, 6) is 0. The van der Waals surface area contributed by atoms with Gasteiger partial charge < -0.3 is 4.74 Å². The highest BCUT2D eigenvalue weighted by Gasteiger charge is 2.28. The van der Waals surface area contributed by atoms with Crippen molar-refractivity contribution < 1.29 is 13.2 Å². The lowest BCUT2D eigenvalue weighted by molar-refractivity contribution is 0.172. The fraction of sp³-hybridized carbons (Fsp3) is 0.333. The first-order valence-corrected chi connectivity index (χ1v) is 6.74. The summed E-state index contributed by atoms with van der Waals surface area (Å²) in [6.45, 7) is 0.867. The molecule has 0 aliphatic carbocycles. The van der Waals surface area contributed by atoms with Gasteiger partial charge >= 0.3 is 0 Å². The molecule has 0 aromatic heterocycles. The molecule has 1 aromatic carbocycles. The minimum Gasteiger partial charge on any atom is -0.364 e. The quantitative estimate of drug-likeness (QED) is 0.833. The largest absolute Gasteiger partial charge is 0.364 e. The summed E-state index contributed by atoms with van der Waals surface area (Å²) in [5, 5.41) is 0.557. The second-order valence-electron chi connectivity index (χ2n) is 3.29. The molecule has 0 atom stereocenters. The van der Waals surface area contributed by atoms with E-state index < -0.39 is 10.0 Å². The number of nitrogens with zero attached hydrogens (tertiary/aromatic N) is 1. The highest BCUT2D eigenvalue weighted by Crippen LogP contribution is 2.26. The average molecular weight is 282 g/mol. The van der Waals surface area contributed by atoms with Gasteiger partial charge in [0.15, 0.2) is 0 Å². The molecule has 1 aliphatic heterocycles. The highest BCUT2D eigenvalue weighted by molar-refractivity contribution is 7.89. The zero-order valence-corrected chi connectivity index (χ0v) is 10.5. The van der Waals surface area contributed by atoms with Gasteiger partial charge in [-0.3, -0.25) is 0 Å². The van der Waals surface area contributed by atoms with Gasteiger partial charge in [-0.1, -0.05) is 23.2 Å². The number of halogens is 2. The zero-order chi connectivity index (χ0) is 11.8. The van der Waals surface area contributed by atoms with Crippen molar-refractivity contribution in [1.82, 2.24) is 4.31 Å². The first kappa shape index (κ1) is 12.1. The van der Waals surface area contributed by atoms with Crippen LogP contribution in [0, 0.1) is 0 Å². The van der Waals surface area contributed by atoms with Crippen molar-refractivity contribution in [2.75, 3.05) is 19.9 Å². The maximum absolute atomic E-state index is 12.0. The molecule has 0 radical (unpaired) electrons. The summed E-state index contributed by atoms with van der Waals surface area (Å²) in [6, 6.07) is 4.24. The van der Waals surface area contributed by atoms with Crippen molar-refractivity contribution in [2.45, 2.75) is 4.90 Å². The van der Waals surface area contributed by atoms with Crippen LogP contribution in [0.15, 0.2) is 23.1 Å². The van der Waals surface area contributed by atoms with Crippen molar-refractivity contribution in [3.05, 3.63) is 28.2 Å². The van der Waals surface area contributed by atoms with E-state index in [4.69, 9.17) is 27.9 Å². The van der Waals surface area contributed by atoms with Crippen molar-refractivity contribution in [1.29, 1.82) is 0 Å². The molecule has 1 saturated heterocycles. The van der Waals surface area contributed by atoms with E-state index in [0.29, 0.717) is 18.2 Å². The molecule has 0 bridgehead atoms. The number of ether oxygens (including phenoxy) is 1. The summed E-state index contributed by atoms with van der Waals surface area (Å²) in [5.41, 5.74) is 0. The molecule has 0 saturated carbocycles. The van der Waals surface area contributed by atoms with Crippen LogP contribution in [0.25, 0.3) is 0 Å². The highest BCUT2D eigenvalue weighted by atomic mass is 35.5. The lowest BCUT2D eigenvalue weighted by atomic mass is 10.4. The summed E-state index contributed by atoms with van der Waals surface area (Å²) in [4.78, 5) is 0.132. The molecule has 1 aliphatic rings. The second kappa shape index (κ2) is 4.50. The molecule has 1 aromatic rings. The van der Waals surface area contributed by atoms with Crippen LogP contribution in [0.1, 0.15) is 0 Å². The van der Waals surface area contributed by atoms with E-state index in [1.807, 2.05) is 0 Å². The first-order valence-electron chi connectivity index (χ1n) is 4.55. The maximum atomic E-state index is 12.0. The van der Waals surface area contributed by atoms with Crippen LogP contribution >= 0.6 is 23.2 Å². The second-order valence-corrected chi connectivity index (χ2v) is 6.05. The number of benzene rings is 1. The third-order valence-corrected chi connectivity index (χ3v) is 4.81. The van der Waals surface area contributed by atoms with E-state index >= 15 is 0 Å². The van der Waals surface area contributed by atoms with Gasteiger partial charge in [0.05, 0.1) is 21.5 Å². The minimum absolute atomic E-state index is 0.0859. The zero-order valence-electron chi connectivity index (χ0n) is 8.19. The van der Waals surface area contributed by atoms with Gasteiger partial charge in [0, 0.05) is 6.54 Å². The van der Waals surface area contributed by atoms with Crippen molar-refractivity contribution >= 4 is 33.2 Å². The molecule has 7 heteroatoms. The van der Waals surface area contributed by atoms with Crippen LogP contribution in [0.3, 0.4) is 0 Å². The fourth-order valence-electron chi connectivity index (χ4n) is 1.37. The minimum atomic E-state index is -3.51. The Hall–Kier alpha value is -0.330. The Bertz CT molecular complexity index is 497. The maximum Gasteiger partial charge on any atom is 0.245 e. The molecule has 0 N–H and O–H groups in total. The van der Waals surface area contributed by atoms with E-state index in [0.717, 1.165) is 0 Å². The molecule has 1 fully saturated rings. The van der Waals surface area contributed by atoms with E-state index in [2.05, 4.69) is 0 Å². The lowest BCUT2D eigenvalue weighted by Crippen LogP contribution is -2.28. The molecule has 4 nitrogen and oxygen atoms in total. The van der Waals surface area contributed by atoms with Gasteiger partial charge in [0.2, 0.25) is 10.0 Å². The number of rotatable bonds is 2. The molecular weight excluding hydrogens is 273 g/mol. The monoisotopic (exact) mass is 281 g/mol. The molecular formula is C9H9Cl2NO3S. The summed E-state index contributed by atoms with van der Waals surface area (Å²) in [6.07, 6.45) is 0. The Kier molecular flexibility index (Phi) is 3.42. The van der Waals surface area contributed by atoms with Gasteiger partial charge in [-0.25, -0.2) is 8.42 Å². The van der Waals surface area contributed by atoms with Crippen molar-refractivity contribution in [3.8, 4) is 0 Å². The van der Waals surface area contributed by atoms with Gasteiger partial charge in [-0.15, -0.1) is 0 Å². The summed E-state index contributed by atoms with van der Waals surface area (Å²) < 4.78 is 30.3. The standard InChI is InChI=1S/C9H9Cl2NO3S/c10-8-2-1-7(5-9(8)11)16(13,14)12-3-4-15-6-12/h1-2,5H,3-4,6H2. The predicted octanol–water partition coefficient (Wildman–Crippen LogP) is 1.97.